The van der Waals surface area contributed by atoms with Gasteiger partial charge in [0.15, 0.2) is 5.57 Å². The highest BCUT2D eigenvalue weighted by Gasteiger charge is 2.06. The van der Waals surface area contributed by atoms with Crippen LogP contribution in [-0.2, 0) is 9.53 Å². The number of carbonyl (C=O) groups is 1. The van der Waals surface area contributed by atoms with Crippen LogP contribution in [0.15, 0.2) is 11.8 Å². The fourth-order valence-electron chi connectivity index (χ4n) is 2.49. The monoisotopic (exact) mass is 322 g/mol. The van der Waals surface area contributed by atoms with Gasteiger partial charge in [0, 0.05) is 12.7 Å². The maximum atomic E-state index is 11.2. The molecular weight excluding hydrogens is 288 g/mol. The number of esters is 1. The minimum Gasteiger partial charge on any atom is -0.465 e. The van der Waals surface area contributed by atoms with E-state index in [2.05, 4.69) is 17.0 Å². The molecule has 4 nitrogen and oxygen atoms in total. The van der Waals surface area contributed by atoms with Gasteiger partial charge in [0.2, 0.25) is 0 Å². The van der Waals surface area contributed by atoms with Crippen LogP contribution in [0.4, 0.5) is 0 Å². The average Bonchev–Trinajstić information content (AvgIpc) is 2.58. The number of nitriles is 1. The first kappa shape index (κ1) is 21.5. The third-order valence-corrected chi connectivity index (χ3v) is 3.95. The number of rotatable bonds is 15. The Morgan fingerprint density at radius 3 is 1.87 bits per heavy atom. The Labute approximate surface area is 142 Å². The second-order valence-electron chi connectivity index (χ2n) is 6.00. The van der Waals surface area contributed by atoms with Crippen molar-refractivity contribution in [2.24, 2.45) is 0 Å². The summed E-state index contributed by atoms with van der Waals surface area (Å²) in [6.07, 6.45) is 17.3. The Kier molecular flexibility index (Phi) is 15.8. The van der Waals surface area contributed by atoms with E-state index >= 15 is 0 Å². The molecular formula is C19H34N2O2. The maximum Gasteiger partial charge on any atom is 0.350 e. The van der Waals surface area contributed by atoms with Crippen LogP contribution in [0, 0.1) is 11.3 Å². The quantitative estimate of drug-likeness (QED) is 0.202. The molecule has 0 unspecified atom stereocenters. The molecule has 0 bridgehead atoms. The summed E-state index contributed by atoms with van der Waals surface area (Å²) < 4.78 is 4.50. The van der Waals surface area contributed by atoms with Crippen molar-refractivity contribution in [2.75, 3.05) is 13.7 Å². The van der Waals surface area contributed by atoms with E-state index < -0.39 is 5.97 Å². The van der Waals surface area contributed by atoms with Crippen LogP contribution in [0.3, 0.4) is 0 Å². The summed E-state index contributed by atoms with van der Waals surface area (Å²) in [7, 11) is 1.28. The van der Waals surface area contributed by atoms with Gasteiger partial charge in [-0.25, -0.2) is 4.79 Å². The van der Waals surface area contributed by atoms with Gasteiger partial charge in [-0.3, -0.25) is 0 Å². The second-order valence-corrected chi connectivity index (χ2v) is 6.00. The smallest absolute Gasteiger partial charge is 0.350 e. The second kappa shape index (κ2) is 16.9. The number of carbonyl (C=O) groups excluding carboxylic acids is 1. The molecule has 0 saturated heterocycles. The molecule has 4 heteroatoms. The fraction of sp³-hybridized carbons (Fsp3) is 0.789. The number of unbranched alkanes of at least 4 members (excludes halogenated alkanes) is 11. The number of methoxy groups -OCH3 is 1. The summed E-state index contributed by atoms with van der Waals surface area (Å²) in [5.41, 5.74) is 0.0198. The summed E-state index contributed by atoms with van der Waals surface area (Å²) in [6.45, 7) is 3.05. The van der Waals surface area contributed by atoms with Gasteiger partial charge in [0.25, 0.3) is 0 Å². The summed E-state index contributed by atoms with van der Waals surface area (Å²) in [4.78, 5) is 11.2. The van der Waals surface area contributed by atoms with Gasteiger partial charge < -0.3 is 10.1 Å². The Morgan fingerprint density at radius 2 is 1.43 bits per heavy atom. The molecule has 0 rings (SSSR count). The summed E-state index contributed by atoms with van der Waals surface area (Å²) >= 11 is 0. The molecule has 0 fully saturated rings. The molecule has 23 heavy (non-hydrogen) atoms. The number of nitrogens with one attached hydrogen (secondary N) is 1. The molecule has 0 atom stereocenters. The first-order chi connectivity index (χ1) is 11.3. The normalized spacial score (nSPS) is 11.1. The molecule has 0 aromatic carbocycles. The molecule has 0 saturated carbocycles. The van der Waals surface area contributed by atoms with E-state index in [4.69, 9.17) is 5.26 Å². The Morgan fingerprint density at radius 1 is 0.957 bits per heavy atom. The molecule has 0 aromatic rings. The first-order valence-electron chi connectivity index (χ1n) is 9.18. The number of ether oxygens (including phenoxy) is 1. The summed E-state index contributed by atoms with van der Waals surface area (Å²) in [5.74, 6) is -0.588. The van der Waals surface area contributed by atoms with Crippen molar-refractivity contribution in [2.45, 2.75) is 84.0 Å². The number of hydrogen-bond donors (Lipinski definition) is 1. The van der Waals surface area contributed by atoms with Crippen LogP contribution < -0.4 is 5.32 Å². The van der Waals surface area contributed by atoms with Gasteiger partial charge >= 0.3 is 5.97 Å². The van der Waals surface area contributed by atoms with Crippen LogP contribution in [0.5, 0.6) is 0 Å². The number of hydrogen-bond acceptors (Lipinski definition) is 4. The molecule has 0 aliphatic rings. The van der Waals surface area contributed by atoms with Crippen molar-refractivity contribution in [1.29, 1.82) is 5.26 Å². The zero-order valence-corrected chi connectivity index (χ0v) is 15.0. The average molecular weight is 322 g/mol. The lowest BCUT2D eigenvalue weighted by Crippen LogP contribution is -2.12. The van der Waals surface area contributed by atoms with Gasteiger partial charge in [-0.15, -0.1) is 0 Å². The maximum absolute atomic E-state index is 11.2. The summed E-state index contributed by atoms with van der Waals surface area (Å²) in [6, 6.07) is 1.82. The molecule has 0 aromatic heterocycles. The lowest BCUT2D eigenvalue weighted by Gasteiger charge is -2.03. The lowest BCUT2D eigenvalue weighted by molar-refractivity contribution is -0.135. The van der Waals surface area contributed by atoms with E-state index in [9.17, 15) is 4.79 Å². The highest BCUT2D eigenvalue weighted by molar-refractivity contribution is 5.92. The third-order valence-electron chi connectivity index (χ3n) is 3.95. The molecule has 0 heterocycles. The highest BCUT2D eigenvalue weighted by Crippen LogP contribution is 2.11. The first-order valence-corrected chi connectivity index (χ1v) is 9.18. The van der Waals surface area contributed by atoms with Crippen molar-refractivity contribution in [3.05, 3.63) is 11.8 Å². The molecule has 0 radical (unpaired) electrons. The van der Waals surface area contributed by atoms with Gasteiger partial charge in [0.05, 0.1) is 7.11 Å². The minimum absolute atomic E-state index is 0.0198. The Bertz CT molecular complexity index is 359. The van der Waals surface area contributed by atoms with E-state index in [1.807, 2.05) is 6.07 Å². The SMILES string of the molecule is CCCCCCCCCCCCCCNC=C(C#N)C(=O)OC. The third kappa shape index (κ3) is 13.9. The van der Waals surface area contributed by atoms with Gasteiger partial charge in [-0.05, 0) is 6.42 Å². The van der Waals surface area contributed by atoms with Gasteiger partial charge in [-0.1, -0.05) is 77.6 Å². The molecule has 0 amide bonds. The van der Waals surface area contributed by atoms with Crippen molar-refractivity contribution in [1.82, 2.24) is 5.32 Å². The van der Waals surface area contributed by atoms with Crippen molar-refractivity contribution in [3.63, 3.8) is 0 Å². The van der Waals surface area contributed by atoms with Crippen LogP contribution >= 0.6 is 0 Å². The predicted octanol–water partition coefficient (Wildman–Crippen LogP) is 4.86. The predicted molar refractivity (Wildman–Crippen MR) is 94.8 cm³/mol. The number of nitrogens with zero attached hydrogens (tertiary/aromatic N) is 1. The molecule has 1 N–H and O–H groups in total. The fourth-order valence-corrected chi connectivity index (χ4v) is 2.49. The van der Waals surface area contributed by atoms with Crippen LogP contribution in [-0.4, -0.2) is 19.6 Å². The molecule has 0 spiro atoms. The van der Waals surface area contributed by atoms with Gasteiger partial charge in [0.1, 0.15) is 6.07 Å². The molecule has 0 aliphatic carbocycles. The van der Waals surface area contributed by atoms with Crippen molar-refractivity contribution < 1.29 is 9.53 Å². The van der Waals surface area contributed by atoms with E-state index in [1.54, 1.807) is 0 Å². The van der Waals surface area contributed by atoms with Crippen LogP contribution in [0.25, 0.3) is 0 Å². The standard InChI is InChI=1S/C19H34N2O2/c1-3-4-5-6-7-8-9-10-11-12-13-14-15-21-17-18(16-20)19(22)23-2/h17,21H,3-15H2,1-2H3. The lowest BCUT2D eigenvalue weighted by atomic mass is 10.1. The Balaban J connectivity index is 3.32. The highest BCUT2D eigenvalue weighted by atomic mass is 16.5. The van der Waals surface area contributed by atoms with E-state index in [-0.39, 0.29) is 5.57 Å². The molecule has 0 aliphatic heterocycles. The van der Waals surface area contributed by atoms with E-state index in [0.717, 1.165) is 13.0 Å². The van der Waals surface area contributed by atoms with Crippen molar-refractivity contribution in [3.8, 4) is 6.07 Å². The topological polar surface area (TPSA) is 62.1 Å². The van der Waals surface area contributed by atoms with Crippen molar-refractivity contribution >= 4 is 5.97 Å². The Hall–Kier alpha value is -1.50. The van der Waals surface area contributed by atoms with E-state index in [1.165, 1.54) is 83.9 Å². The zero-order valence-electron chi connectivity index (χ0n) is 15.0. The molecule has 132 valence electrons. The van der Waals surface area contributed by atoms with Crippen LogP contribution in [0.1, 0.15) is 84.0 Å². The van der Waals surface area contributed by atoms with E-state index in [0.29, 0.717) is 0 Å². The van der Waals surface area contributed by atoms with Crippen LogP contribution in [0.2, 0.25) is 0 Å². The largest absolute Gasteiger partial charge is 0.465 e. The van der Waals surface area contributed by atoms with Gasteiger partial charge in [-0.2, -0.15) is 5.26 Å². The zero-order chi connectivity index (χ0) is 17.2. The minimum atomic E-state index is -0.588. The summed E-state index contributed by atoms with van der Waals surface area (Å²) in [5, 5.41) is 11.8.